The molecule has 6 heteroatoms. The molecule has 0 aliphatic carbocycles. The highest BCUT2D eigenvalue weighted by molar-refractivity contribution is 5.77. The van der Waals surface area contributed by atoms with Crippen LogP contribution < -0.4 is 10.5 Å². The Morgan fingerprint density at radius 1 is 1.12 bits per heavy atom. The lowest BCUT2D eigenvalue weighted by atomic mass is 9.89. The minimum Gasteiger partial charge on any atom is -0.490 e. The molecule has 0 bridgehead atoms. The van der Waals surface area contributed by atoms with Gasteiger partial charge in [0, 0.05) is 25.5 Å². The molecular weight excluding hydrogens is 424 g/mol. The van der Waals surface area contributed by atoms with E-state index in [0.717, 1.165) is 46.8 Å². The first kappa shape index (κ1) is 23.3. The van der Waals surface area contributed by atoms with Crippen LogP contribution in [0.15, 0.2) is 71.7 Å². The third-order valence-corrected chi connectivity index (χ3v) is 6.18. The first-order chi connectivity index (χ1) is 16.5. The third-order valence-electron chi connectivity index (χ3n) is 6.18. The molecule has 1 heterocycles. The number of hydroxylamine groups is 2. The van der Waals surface area contributed by atoms with Gasteiger partial charge in [0.05, 0.1) is 17.7 Å². The summed E-state index contributed by atoms with van der Waals surface area (Å²) in [5, 5.41) is 19.9. The number of aliphatic imine (C=N–C) groups is 1. The number of ether oxygens (including phenoxy) is 1. The Morgan fingerprint density at radius 2 is 1.88 bits per heavy atom. The van der Waals surface area contributed by atoms with Crippen LogP contribution in [0, 0.1) is 11.3 Å². The maximum absolute atomic E-state index is 9.80. The van der Waals surface area contributed by atoms with Gasteiger partial charge in [0.15, 0.2) is 0 Å². The van der Waals surface area contributed by atoms with E-state index in [0.29, 0.717) is 12.0 Å². The van der Waals surface area contributed by atoms with Gasteiger partial charge in [0.1, 0.15) is 11.9 Å². The average molecular weight is 455 g/mol. The Kier molecular flexibility index (Phi) is 7.15. The van der Waals surface area contributed by atoms with Crippen molar-refractivity contribution < 1.29 is 9.94 Å². The second kappa shape index (κ2) is 10.4. The number of hydrogen-bond donors (Lipinski definition) is 2. The van der Waals surface area contributed by atoms with Gasteiger partial charge in [-0.15, -0.1) is 0 Å². The van der Waals surface area contributed by atoms with Crippen LogP contribution in [0.4, 0.5) is 0 Å². The molecule has 3 N–H and O–H groups in total. The quantitative estimate of drug-likeness (QED) is 0.301. The summed E-state index contributed by atoms with van der Waals surface area (Å²) in [6, 6.07) is 24.0. The van der Waals surface area contributed by atoms with Crippen molar-refractivity contribution in [3.63, 3.8) is 0 Å². The number of nitriles is 1. The van der Waals surface area contributed by atoms with Gasteiger partial charge in [0.2, 0.25) is 5.96 Å². The van der Waals surface area contributed by atoms with Crippen LogP contribution in [0.25, 0.3) is 11.1 Å². The van der Waals surface area contributed by atoms with E-state index in [4.69, 9.17) is 10.5 Å². The van der Waals surface area contributed by atoms with Gasteiger partial charge < -0.3 is 10.5 Å². The van der Waals surface area contributed by atoms with Gasteiger partial charge in [-0.05, 0) is 52.9 Å². The number of hydrogen-bond acceptors (Lipinski definition) is 4. The molecule has 0 amide bonds. The van der Waals surface area contributed by atoms with E-state index in [1.54, 1.807) is 6.07 Å². The van der Waals surface area contributed by atoms with Crippen LogP contribution in [0.2, 0.25) is 0 Å². The number of nitrogens with zero attached hydrogens (tertiary/aromatic N) is 3. The number of fused-ring (bicyclic) bond motifs is 1. The summed E-state index contributed by atoms with van der Waals surface area (Å²) in [5.74, 6) is 0.825. The van der Waals surface area contributed by atoms with E-state index < -0.39 is 0 Å². The van der Waals surface area contributed by atoms with Crippen molar-refractivity contribution in [2.45, 2.75) is 44.8 Å². The van der Waals surface area contributed by atoms with Crippen LogP contribution in [0.1, 0.15) is 48.1 Å². The maximum atomic E-state index is 9.80. The smallest absolute Gasteiger partial charge is 0.215 e. The molecule has 0 saturated carbocycles. The average Bonchev–Trinajstić information content (AvgIpc) is 2.85. The fourth-order valence-electron chi connectivity index (χ4n) is 4.47. The Labute approximate surface area is 200 Å². The molecule has 6 nitrogen and oxygen atoms in total. The fraction of sp³-hybridized carbons (Fsp3) is 0.286. The lowest BCUT2D eigenvalue weighted by Crippen LogP contribution is -2.33. The van der Waals surface area contributed by atoms with Gasteiger partial charge in [-0.3, -0.25) is 5.21 Å². The Hall–Kier alpha value is -3.82. The summed E-state index contributed by atoms with van der Waals surface area (Å²) >= 11 is 0. The van der Waals surface area contributed by atoms with Gasteiger partial charge in [-0.1, -0.05) is 55.8 Å². The zero-order chi connectivity index (χ0) is 24.1. The van der Waals surface area contributed by atoms with Crippen molar-refractivity contribution in [2.24, 2.45) is 10.7 Å². The van der Waals surface area contributed by atoms with E-state index in [1.807, 2.05) is 36.4 Å². The molecule has 3 aromatic carbocycles. The lowest BCUT2D eigenvalue weighted by Gasteiger charge is -2.32. The van der Waals surface area contributed by atoms with Crippen molar-refractivity contribution in [3.8, 4) is 22.9 Å². The monoisotopic (exact) mass is 454 g/mol. The van der Waals surface area contributed by atoms with E-state index in [-0.39, 0.29) is 18.1 Å². The first-order valence-corrected chi connectivity index (χ1v) is 11.6. The molecule has 1 aliphatic rings. The zero-order valence-corrected chi connectivity index (χ0v) is 19.6. The number of rotatable bonds is 6. The third kappa shape index (κ3) is 5.22. The molecule has 0 radical (unpaired) electrons. The lowest BCUT2D eigenvalue weighted by molar-refractivity contribution is 0.0110. The molecule has 0 unspecified atom stereocenters. The highest BCUT2D eigenvalue weighted by Crippen LogP contribution is 2.40. The second-order valence-corrected chi connectivity index (χ2v) is 8.67. The van der Waals surface area contributed by atoms with Crippen LogP contribution in [-0.4, -0.2) is 29.4 Å². The summed E-state index contributed by atoms with van der Waals surface area (Å²) in [6.45, 7) is 2.19. The highest BCUT2D eigenvalue weighted by atomic mass is 16.5. The number of guanidine groups is 1. The molecule has 2 atom stereocenters. The normalized spacial score (nSPS) is 17.4. The largest absolute Gasteiger partial charge is 0.490 e. The zero-order valence-electron chi connectivity index (χ0n) is 19.6. The fourth-order valence-corrected chi connectivity index (χ4v) is 4.47. The van der Waals surface area contributed by atoms with Crippen molar-refractivity contribution >= 4 is 5.96 Å². The van der Waals surface area contributed by atoms with Gasteiger partial charge >= 0.3 is 0 Å². The van der Waals surface area contributed by atoms with Crippen molar-refractivity contribution in [3.05, 3.63) is 89.0 Å². The molecule has 1 aliphatic heterocycles. The molecule has 3 aromatic rings. The Balaban J connectivity index is 1.69. The molecule has 0 aromatic heterocycles. The first-order valence-electron chi connectivity index (χ1n) is 11.6. The summed E-state index contributed by atoms with van der Waals surface area (Å²) in [6.07, 6.45) is 3.48. The molecule has 4 rings (SSSR count). The van der Waals surface area contributed by atoms with Gasteiger partial charge in [0.25, 0.3) is 0 Å². The minimum atomic E-state index is -0.263. The van der Waals surface area contributed by atoms with Crippen LogP contribution in [0.3, 0.4) is 0 Å². The SMILES string of the molecule is CCCc1ccccc1C[C@@H]1C[C@H](N=C(N)N(C)O)c2cc(-c3cccc(C#N)c3)ccc2O1. The van der Waals surface area contributed by atoms with Gasteiger partial charge in [-0.25, -0.2) is 10.1 Å². The van der Waals surface area contributed by atoms with Crippen LogP contribution in [0.5, 0.6) is 5.75 Å². The second-order valence-electron chi connectivity index (χ2n) is 8.67. The molecule has 0 spiro atoms. The maximum Gasteiger partial charge on any atom is 0.215 e. The summed E-state index contributed by atoms with van der Waals surface area (Å²) in [4.78, 5) is 4.63. The van der Waals surface area contributed by atoms with E-state index >= 15 is 0 Å². The number of aryl methyl sites for hydroxylation is 1. The number of nitrogens with two attached hydrogens (primary N) is 1. The van der Waals surface area contributed by atoms with Crippen LogP contribution in [-0.2, 0) is 12.8 Å². The summed E-state index contributed by atoms with van der Waals surface area (Å²) in [5.41, 5.74) is 12.1. The molecule has 0 saturated heterocycles. The number of benzene rings is 3. The standard InChI is InChI=1S/C28H30N4O2/c1-3-7-20-9-4-5-10-22(20)15-24-17-26(31-28(30)32(2)33)25-16-23(12-13-27(25)34-24)21-11-6-8-19(14-21)18-29/h4-6,8-14,16,24,26,33H,3,7,15,17H2,1-2H3,(H2,30,31)/t24-,26+/m1/s1. The van der Waals surface area contributed by atoms with E-state index in [1.165, 1.54) is 18.2 Å². The Morgan fingerprint density at radius 3 is 2.62 bits per heavy atom. The van der Waals surface area contributed by atoms with Crippen molar-refractivity contribution in [1.29, 1.82) is 5.26 Å². The molecule has 34 heavy (non-hydrogen) atoms. The van der Waals surface area contributed by atoms with Crippen molar-refractivity contribution in [2.75, 3.05) is 7.05 Å². The molecule has 0 fully saturated rings. The van der Waals surface area contributed by atoms with Crippen LogP contribution >= 0.6 is 0 Å². The highest BCUT2D eigenvalue weighted by Gasteiger charge is 2.29. The van der Waals surface area contributed by atoms with E-state index in [9.17, 15) is 10.5 Å². The van der Waals surface area contributed by atoms with E-state index in [2.05, 4.69) is 42.3 Å². The minimum absolute atomic E-state index is 0.0554. The molecular formula is C28H30N4O2. The predicted octanol–water partition coefficient (Wildman–Crippen LogP) is 5.25. The molecule has 174 valence electrons. The Bertz CT molecular complexity index is 1230. The topological polar surface area (TPSA) is 94.9 Å². The summed E-state index contributed by atoms with van der Waals surface area (Å²) in [7, 11) is 1.46. The summed E-state index contributed by atoms with van der Waals surface area (Å²) < 4.78 is 6.44. The van der Waals surface area contributed by atoms with Crippen molar-refractivity contribution in [1.82, 2.24) is 5.06 Å². The van der Waals surface area contributed by atoms with Gasteiger partial charge in [-0.2, -0.15) is 5.26 Å². The predicted molar refractivity (Wildman–Crippen MR) is 134 cm³/mol.